The maximum Gasteiger partial charge on any atom is 0.0789 e. The van der Waals surface area contributed by atoms with Crippen LogP contribution >= 0.6 is 11.3 Å². The second-order valence-electron chi connectivity index (χ2n) is 2.37. The minimum Gasteiger partial charge on any atom is -0.277 e. The van der Waals surface area contributed by atoms with Crippen molar-refractivity contribution in [2.24, 2.45) is 0 Å². The van der Waals surface area contributed by atoms with E-state index in [1.165, 1.54) is 20.7 Å². The molecule has 0 bridgehead atoms. The Morgan fingerprint density at radius 2 is 2.20 bits per heavy atom. The molecule has 2 aromatic heterocycles. The third-order valence-corrected chi connectivity index (χ3v) is 2.71. The largest absolute Gasteiger partial charge is 0.277 e. The zero-order valence-corrected chi connectivity index (χ0v) is 6.75. The van der Waals surface area contributed by atoms with Crippen LogP contribution < -0.4 is 0 Å². The molecule has 0 aliphatic rings. The first-order valence-corrected chi connectivity index (χ1v) is 4.00. The van der Waals surface area contributed by atoms with E-state index in [9.17, 15) is 0 Å². The Kier molecular flexibility index (Phi) is 1.08. The molecule has 2 heterocycles. The van der Waals surface area contributed by atoms with Gasteiger partial charge in [-0.25, -0.2) is 0 Å². The van der Waals surface area contributed by atoms with Gasteiger partial charge in [-0.15, -0.1) is 11.3 Å². The molecule has 10 heavy (non-hydrogen) atoms. The summed E-state index contributed by atoms with van der Waals surface area (Å²) in [7, 11) is 0. The quantitative estimate of drug-likeness (QED) is 0.616. The van der Waals surface area contributed by atoms with Crippen LogP contribution in [0.15, 0.2) is 6.20 Å². The lowest BCUT2D eigenvalue weighted by Crippen LogP contribution is -1.64. The van der Waals surface area contributed by atoms with Crippen molar-refractivity contribution in [2.75, 3.05) is 0 Å². The molecular weight excluding hydrogens is 144 g/mol. The number of aromatic amines is 1. The summed E-state index contributed by atoms with van der Waals surface area (Å²) in [6, 6.07) is 0. The Labute approximate surface area is 62.9 Å². The molecule has 2 rings (SSSR count). The van der Waals surface area contributed by atoms with E-state index in [4.69, 9.17) is 0 Å². The lowest BCUT2D eigenvalue weighted by Gasteiger charge is -1.76. The molecule has 0 radical (unpaired) electrons. The first kappa shape index (κ1) is 5.92. The minimum absolute atomic E-state index is 1.20. The van der Waals surface area contributed by atoms with E-state index >= 15 is 0 Å². The number of H-pyrrole nitrogens is 1. The van der Waals surface area contributed by atoms with Crippen LogP contribution in [0.4, 0.5) is 0 Å². The number of aryl methyl sites for hydroxylation is 2. The van der Waals surface area contributed by atoms with Crippen molar-refractivity contribution in [3.63, 3.8) is 0 Å². The molecular formula is C7H8N2S. The normalized spacial score (nSPS) is 11.0. The zero-order valence-electron chi connectivity index (χ0n) is 5.93. The Balaban J connectivity index is 2.98. The number of nitrogens with one attached hydrogen (secondary N) is 1. The highest BCUT2D eigenvalue weighted by Gasteiger charge is 2.04. The van der Waals surface area contributed by atoms with Crippen LogP contribution in [-0.4, -0.2) is 10.2 Å². The molecule has 0 aliphatic carbocycles. The van der Waals surface area contributed by atoms with Crippen molar-refractivity contribution >= 4 is 22.2 Å². The van der Waals surface area contributed by atoms with Gasteiger partial charge in [-0.3, -0.25) is 5.10 Å². The Morgan fingerprint density at radius 1 is 1.40 bits per heavy atom. The van der Waals surface area contributed by atoms with Gasteiger partial charge in [-0.1, -0.05) is 0 Å². The Hall–Kier alpha value is -0.830. The number of hydrogen-bond acceptors (Lipinski definition) is 2. The van der Waals surface area contributed by atoms with Gasteiger partial charge in [-0.2, -0.15) is 5.10 Å². The smallest absolute Gasteiger partial charge is 0.0789 e. The number of thiophene rings is 1. The molecule has 0 unspecified atom stereocenters. The molecule has 1 N–H and O–H groups in total. The number of fused-ring (bicyclic) bond motifs is 1. The Morgan fingerprint density at radius 3 is 2.90 bits per heavy atom. The molecule has 0 fully saturated rings. The van der Waals surface area contributed by atoms with Crippen LogP contribution in [0, 0.1) is 13.8 Å². The average Bonchev–Trinajstić information content (AvgIpc) is 2.39. The van der Waals surface area contributed by atoms with Gasteiger partial charge in [0.2, 0.25) is 0 Å². The SMILES string of the molecule is Cc1sc(C)c2[nH]ncc12. The van der Waals surface area contributed by atoms with Crippen molar-refractivity contribution < 1.29 is 0 Å². The molecule has 2 nitrogen and oxygen atoms in total. The van der Waals surface area contributed by atoms with E-state index < -0.39 is 0 Å². The number of rotatable bonds is 0. The maximum atomic E-state index is 3.96. The predicted octanol–water partition coefficient (Wildman–Crippen LogP) is 2.24. The van der Waals surface area contributed by atoms with Crippen LogP contribution in [-0.2, 0) is 0 Å². The van der Waals surface area contributed by atoms with Crippen molar-refractivity contribution in [1.29, 1.82) is 0 Å². The summed E-state index contributed by atoms with van der Waals surface area (Å²) in [5.41, 5.74) is 1.20. The van der Waals surface area contributed by atoms with Crippen LogP contribution in [0.3, 0.4) is 0 Å². The molecule has 0 saturated heterocycles. The van der Waals surface area contributed by atoms with E-state index in [1.54, 1.807) is 0 Å². The summed E-state index contributed by atoms with van der Waals surface area (Å²) in [5.74, 6) is 0. The first-order valence-electron chi connectivity index (χ1n) is 3.18. The lowest BCUT2D eigenvalue weighted by atomic mass is 10.3. The molecule has 0 spiro atoms. The van der Waals surface area contributed by atoms with Crippen LogP contribution in [0.25, 0.3) is 10.9 Å². The third-order valence-electron chi connectivity index (χ3n) is 1.68. The van der Waals surface area contributed by atoms with Gasteiger partial charge in [0.05, 0.1) is 11.7 Å². The highest BCUT2D eigenvalue weighted by Crippen LogP contribution is 2.27. The highest BCUT2D eigenvalue weighted by molar-refractivity contribution is 7.13. The van der Waals surface area contributed by atoms with Crippen molar-refractivity contribution in [3.8, 4) is 0 Å². The van der Waals surface area contributed by atoms with Crippen LogP contribution in [0.2, 0.25) is 0 Å². The third kappa shape index (κ3) is 0.609. The summed E-state index contributed by atoms with van der Waals surface area (Å²) in [6.07, 6.45) is 1.88. The number of hydrogen-bond donors (Lipinski definition) is 1. The fourth-order valence-corrected chi connectivity index (χ4v) is 2.14. The predicted molar refractivity (Wildman–Crippen MR) is 43.4 cm³/mol. The molecule has 0 aromatic carbocycles. The van der Waals surface area contributed by atoms with E-state index in [2.05, 4.69) is 24.0 Å². The standard InChI is InChI=1S/C7H8N2S/c1-4-6-3-8-9-7(6)5(2)10-4/h3,9H,1-2H3. The van der Waals surface area contributed by atoms with Gasteiger partial charge >= 0.3 is 0 Å². The van der Waals surface area contributed by atoms with Gasteiger partial charge < -0.3 is 0 Å². The molecule has 3 heteroatoms. The van der Waals surface area contributed by atoms with E-state index in [0.29, 0.717) is 0 Å². The van der Waals surface area contributed by atoms with Crippen LogP contribution in [0.5, 0.6) is 0 Å². The summed E-state index contributed by atoms with van der Waals surface area (Å²) in [6.45, 7) is 4.23. The minimum atomic E-state index is 1.20. The molecule has 0 saturated carbocycles. The average molecular weight is 152 g/mol. The van der Waals surface area contributed by atoms with Crippen molar-refractivity contribution in [3.05, 3.63) is 16.0 Å². The summed E-state index contributed by atoms with van der Waals surface area (Å²) in [5, 5.41) is 8.20. The Bertz CT molecular complexity index is 327. The van der Waals surface area contributed by atoms with Crippen LogP contribution in [0.1, 0.15) is 9.75 Å². The highest BCUT2D eigenvalue weighted by atomic mass is 32.1. The maximum absolute atomic E-state index is 3.96. The second-order valence-corrected chi connectivity index (χ2v) is 3.80. The zero-order chi connectivity index (χ0) is 7.14. The van der Waals surface area contributed by atoms with Crippen molar-refractivity contribution in [2.45, 2.75) is 13.8 Å². The molecule has 2 aromatic rings. The number of aromatic nitrogens is 2. The molecule has 0 aliphatic heterocycles. The van der Waals surface area contributed by atoms with Gasteiger partial charge in [0, 0.05) is 15.1 Å². The molecule has 0 atom stereocenters. The summed E-state index contributed by atoms with van der Waals surface area (Å²) in [4.78, 5) is 2.67. The lowest BCUT2D eigenvalue weighted by molar-refractivity contribution is 1.12. The summed E-state index contributed by atoms with van der Waals surface area (Å²) < 4.78 is 0. The van der Waals surface area contributed by atoms with E-state index in [-0.39, 0.29) is 0 Å². The van der Waals surface area contributed by atoms with E-state index in [0.717, 1.165) is 0 Å². The number of nitrogens with zero attached hydrogens (tertiary/aromatic N) is 1. The van der Waals surface area contributed by atoms with Gasteiger partial charge in [-0.05, 0) is 13.8 Å². The monoisotopic (exact) mass is 152 g/mol. The molecule has 52 valence electrons. The fraction of sp³-hybridized carbons (Fsp3) is 0.286. The van der Waals surface area contributed by atoms with Crippen molar-refractivity contribution in [1.82, 2.24) is 10.2 Å². The summed E-state index contributed by atoms with van der Waals surface area (Å²) >= 11 is 1.82. The van der Waals surface area contributed by atoms with E-state index in [1.807, 2.05) is 17.5 Å². The fourth-order valence-electron chi connectivity index (χ4n) is 1.16. The topological polar surface area (TPSA) is 28.7 Å². The molecule has 0 amide bonds. The second kappa shape index (κ2) is 1.83. The van der Waals surface area contributed by atoms with Gasteiger partial charge in [0.15, 0.2) is 0 Å². The first-order chi connectivity index (χ1) is 4.79. The van der Waals surface area contributed by atoms with Gasteiger partial charge in [0.25, 0.3) is 0 Å². The van der Waals surface area contributed by atoms with Gasteiger partial charge in [0.1, 0.15) is 0 Å².